The first-order valence-electron chi connectivity index (χ1n) is 6.24. The normalized spacial score (nSPS) is 10.2. The van der Waals surface area contributed by atoms with Crippen molar-refractivity contribution in [2.75, 3.05) is 12.4 Å². The SMILES string of the molecule is COc1c(C)cccc1C(=O)Nc1cc(Cl)ccc1C. The van der Waals surface area contributed by atoms with Gasteiger partial charge in [-0.2, -0.15) is 0 Å². The Morgan fingerprint density at radius 3 is 2.60 bits per heavy atom. The smallest absolute Gasteiger partial charge is 0.259 e. The maximum atomic E-state index is 12.4. The third-order valence-electron chi connectivity index (χ3n) is 3.11. The number of amides is 1. The van der Waals surface area contributed by atoms with Crippen LogP contribution in [0.1, 0.15) is 21.5 Å². The quantitative estimate of drug-likeness (QED) is 0.919. The van der Waals surface area contributed by atoms with Crippen molar-refractivity contribution in [1.82, 2.24) is 0 Å². The summed E-state index contributed by atoms with van der Waals surface area (Å²) >= 11 is 5.95. The monoisotopic (exact) mass is 289 g/mol. The third kappa shape index (κ3) is 2.94. The molecule has 2 rings (SSSR count). The lowest BCUT2D eigenvalue weighted by molar-refractivity contribution is 0.102. The molecule has 0 bridgehead atoms. The van der Waals surface area contributed by atoms with Crippen LogP contribution in [0.15, 0.2) is 36.4 Å². The van der Waals surface area contributed by atoms with Gasteiger partial charge >= 0.3 is 0 Å². The van der Waals surface area contributed by atoms with Crippen molar-refractivity contribution in [2.24, 2.45) is 0 Å². The molecule has 0 heterocycles. The maximum Gasteiger partial charge on any atom is 0.259 e. The fourth-order valence-corrected chi connectivity index (χ4v) is 2.19. The summed E-state index contributed by atoms with van der Waals surface area (Å²) < 4.78 is 5.30. The van der Waals surface area contributed by atoms with Crippen LogP contribution in [0, 0.1) is 13.8 Å². The van der Waals surface area contributed by atoms with E-state index in [0.29, 0.717) is 22.0 Å². The molecule has 0 aliphatic carbocycles. The van der Waals surface area contributed by atoms with Crippen molar-refractivity contribution >= 4 is 23.2 Å². The van der Waals surface area contributed by atoms with E-state index in [0.717, 1.165) is 11.1 Å². The topological polar surface area (TPSA) is 38.3 Å². The molecule has 2 aromatic carbocycles. The number of ether oxygens (including phenoxy) is 1. The summed E-state index contributed by atoms with van der Waals surface area (Å²) in [4.78, 5) is 12.4. The van der Waals surface area contributed by atoms with Gasteiger partial charge in [-0.3, -0.25) is 4.79 Å². The molecule has 0 saturated carbocycles. The number of aryl methyl sites for hydroxylation is 2. The molecule has 104 valence electrons. The lowest BCUT2D eigenvalue weighted by atomic mass is 10.1. The predicted molar refractivity (Wildman–Crippen MR) is 81.9 cm³/mol. The van der Waals surface area contributed by atoms with E-state index >= 15 is 0 Å². The summed E-state index contributed by atoms with van der Waals surface area (Å²) in [6, 6.07) is 10.9. The fraction of sp³-hybridized carbons (Fsp3) is 0.188. The van der Waals surface area contributed by atoms with E-state index in [1.54, 1.807) is 25.3 Å². The summed E-state index contributed by atoms with van der Waals surface area (Å²) in [5.74, 6) is 0.376. The predicted octanol–water partition coefficient (Wildman–Crippen LogP) is 4.22. The van der Waals surface area contributed by atoms with Crippen LogP contribution in [-0.4, -0.2) is 13.0 Å². The van der Waals surface area contributed by atoms with E-state index in [4.69, 9.17) is 16.3 Å². The van der Waals surface area contributed by atoms with Crippen molar-refractivity contribution in [3.05, 3.63) is 58.1 Å². The average molecular weight is 290 g/mol. The highest BCUT2D eigenvalue weighted by atomic mass is 35.5. The molecule has 0 unspecified atom stereocenters. The molecular weight excluding hydrogens is 274 g/mol. The molecule has 4 heteroatoms. The van der Waals surface area contributed by atoms with Gasteiger partial charge in [0.25, 0.3) is 5.91 Å². The molecule has 2 aromatic rings. The number of benzene rings is 2. The van der Waals surface area contributed by atoms with E-state index in [9.17, 15) is 4.79 Å². The Bertz CT molecular complexity index is 653. The van der Waals surface area contributed by atoms with E-state index in [2.05, 4.69) is 5.32 Å². The zero-order chi connectivity index (χ0) is 14.7. The van der Waals surface area contributed by atoms with Gasteiger partial charge in [0.05, 0.1) is 12.7 Å². The van der Waals surface area contributed by atoms with Crippen molar-refractivity contribution in [2.45, 2.75) is 13.8 Å². The Balaban J connectivity index is 2.33. The highest BCUT2D eigenvalue weighted by molar-refractivity contribution is 6.31. The van der Waals surface area contributed by atoms with Crippen LogP contribution < -0.4 is 10.1 Å². The second-order valence-electron chi connectivity index (χ2n) is 4.57. The Morgan fingerprint density at radius 1 is 1.15 bits per heavy atom. The summed E-state index contributed by atoms with van der Waals surface area (Å²) in [5, 5.41) is 3.45. The highest BCUT2D eigenvalue weighted by Crippen LogP contribution is 2.25. The van der Waals surface area contributed by atoms with Crippen LogP contribution in [0.2, 0.25) is 5.02 Å². The molecule has 1 amide bonds. The largest absolute Gasteiger partial charge is 0.496 e. The van der Waals surface area contributed by atoms with Gasteiger partial charge in [0.2, 0.25) is 0 Å². The summed E-state index contributed by atoms with van der Waals surface area (Å²) in [7, 11) is 1.56. The molecular formula is C16H16ClNO2. The molecule has 20 heavy (non-hydrogen) atoms. The number of carbonyl (C=O) groups is 1. The Morgan fingerprint density at radius 2 is 1.90 bits per heavy atom. The highest BCUT2D eigenvalue weighted by Gasteiger charge is 2.14. The van der Waals surface area contributed by atoms with Crippen molar-refractivity contribution in [3.8, 4) is 5.75 Å². The molecule has 0 aromatic heterocycles. The molecule has 0 atom stereocenters. The van der Waals surface area contributed by atoms with Gasteiger partial charge < -0.3 is 10.1 Å². The van der Waals surface area contributed by atoms with Gasteiger partial charge in [-0.25, -0.2) is 0 Å². The van der Waals surface area contributed by atoms with Crippen LogP contribution in [0.4, 0.5) is 5.69 Å². The minimum atomic E-state index is -0.212. The standard InChI is InChI=1S/C16H16ClNO2/c1-10-7-8-12(17)9-14(10)18-16(19)13-6-4-5-11(2)15(13)20-3/h4-9H,1-3H3,(H,18,19). The average Bonchev–Trinajstić information content (AvgIpc) is 2.42. The van der Waals surface area contributed by atoms with Crippen LogP contribution in [0.5, 0.6) is 5.75 Å². The Labute approximate surface area is 123 Å². The zero-order valence-electron chi connectivity index (χ0n) is 11.7. The second kappa shape index (κ2) is 5.97. The Hall–Kier alpha value is -2.00. The maximum absolute atomic E-state index is 12.4. The van der Waals surface area contributed by atoms with Gasteiger partial charge in [0, 0.05) is 10.7 Å². The third-order valence-corrected chi connectivity index (χ3v) is 3.34. The van der Waals surface area contributed by atoms with Gasteiger partial charge in [0.1, 0.15) is 5.75 Å². The molecule has 1 N–H and O–H groups in total. The first kappa shape index (κ1) is 14.4. The van der Waals surface area contributed by atoms with E-state index in [1.165, 1.54) is 0 Å². The number of carbonyl (C=O) groups excluding carboxylic acids is 1. The van der Waals surface area contributed by atoms with Crippen LogP contribution in [-0.2, 0) is 0 Å². The van der Waals surface area contributed by atoms with Gasteiger partial charge in [-0.1, -0.05) is 29.8 Å². The molecule has 0 aliphatic heterocycles. The summed E-state index contributed by atoms with van der Waals surface area (Å²) in [6.45, 7) is 3.82. The second-order valence-corrected chi connectivity index (χ2v) is 5.01. The van der Waals surface area contributed by atoms with Gasteiger partial charge in [-0.05, 0) is 43.2 Å². The molecule has 0 radical (unpaired) electrons. The number of para-hydroxylation sites is 1. The lowest BCUT2D eigenvalue weighted by Crippen LogP contribution is -2.14. The lowest BCUT2D eigenvalue weighted by Gasteiger charge is -2.13. The number of hydrogen-bond donors (Lipinski definition) is 1. The number of hydrogen-bond acceptors (Lipinski definition) is 2. The molecule has 0 fully saturated rings. The summed E-state index contributed by atoms with van der Waals surface area (Å²) in [5.41, 5.74) is 3.08. The van der Waals surface area contributed by atoms with Gasteiger partial charge in [-0.15, -0.1) is 0 Å². The molecule has 0 aliphatic rings. The first-order chi connectivity index (χ1) is 9.52. The van der Waals surface area contributed by atoms with Crippen LogP contribution in [0.25, 0.3) is 0 Å². The first-order valence-corrected chi connectivity index (χ1v) is 6.62. The minimum Gasteiger partial charge on any atom is -0.496 e. The fourth-order valence-electron chi connectivity index (χ4n) is 2.02. The van der Waals surface area contributed by atoms with Gasteiger partial charge in [0.15, 0.2) is 0 Å². The van der Waals surface area contributed by atoms with Crippen LogP contribution >= 0.6 is 11.6 Å². The molecule has 0 saturated heterocycles. The van der Waals surface area contributed by atoms with Crippen molar-refractivity contribution in [3.63, 3.8) is 0 Å². The number of anilines is 1. The number of nitrogens with one attached hydrogen (secondary N) is 1. The van der Waals surface area contributed by atoms with Crippen LogP contribution in [0.3, 0.4) is 0 Å². The minimum absolute atomic E-state index is 0.212. The molecule has 0 spiro atoms. The summed E-state index contributed by atoms with van der Waals surface area (Å²) in [6.07, 6.45) is 0. The van der Waals surface area contributed by atoms with Crippen molar-refractivity contribution < 1.29 is 9.53 Å². The molecule has 3 nitrogen and oxygen atoms in total. The van der Waals surface area contributed by atoms with E-state index in [1.807, 2.05) is 32.0 Å². The van der Waals surface area contributed by atoms with E-state index < -0.39 is 0 Å². The van der Waals surface area contributed by atoms with Crippen molar-refractivity contribution in [1.29, 1.82) is 0 Å². The zero-order valence-corrected chi connectivity index (χ0v) is 12.4. The Kier molecular flexibility index (Phi) is 4.30. The number of halogens is 1. The number of rotatable bonds is 3. The van der Waals surface area contributed by atoms with E-state index in [-0.39, 0.29) is 5.91 Å². The number of methoxy groups -OCH3 is 1.